The summed E-state index contributed by atoms with van der Waals surface area (Å²) in [6, 6.07) is 9.59. The molecule has 4 rings (SSSR count). The smallest absolute Gasteiger partial charge is 0.245 e. The number of likely N-dealkylation sites (tertiary alicyclic amines) is 1. The molecule has 2 aromatic heterocycles. The summed E-state index contributed by atoms with van der Waals surface area (Å²) in [6.45, 7) is 4.59. The van der Waals surface area contributed by atoms with Crippen LogP contribution >= 0.6 is 0 Å². The average Bonchev–Trinajstić information content (AvgIpc) is 3.47. The third-order valence-electron chi connectivity index (χ3n) is 5.47. The van der Waals surface area contributed by atoms with Gasteiger partial charge >= 0.3 is 0 Å². The predicted molar refractivity (Wildman–Crippen MR) is 112 cm³/mol. The van der Waals surface area contributed by atoms with Gasteiger partial charge in [0.2, 0.25) is 5.91 Å². The van der Waals surface area contributed by atoms with Gasteiger partial charge in [-0.25, -0.2) is 9.97 Å². The van der Waals surface area contributed by atoms with Crippen molar-refractivity contribution in [2.45, 2.75) is 31.3 Å². The number of H-pyrrole nitrogens is 2. The molecule has 7 heteroatoms. The van der Waals surface area contributed by atoms with Crippen LogP contribution in [0.5, 0.6) is 0 Å². The lowest BCUT2D eigenvalue weighted by atomic mass is 10.0. The molecule has 1 saturated heterocycles. The Morgan fingerprint density at radius 2 is 1.93 bits per heavy atom. The Hall–Kier alpha value is -2.93. The minimum Gasteiger partial charge on any atom is -0.341 e. The maximum atomic E-state index is 13.5. The molecule has 1 radical (unpaired) electrons. The first-order valence-electron chi connectivity index (χ1n) is 9.98. The second-order valence-corrected chi connectivity index (χ2v) is 7.64. The second kappa shape index (κ2) is 8.21. The Morgan fingerprint density at radius 3 is 2.62 bits per heavy atom. The molecule has 2 N–H and O–H groups in total. The van der Waals surface area contributed by atoms with Gasteiger partial charge in [-0.3, -0.25) is 9.69 Å². The van der Waals surface area contributed by atoms with Gasteiger partial charge in [-0.2, -0.15) is 0 Å². The summed E-state index contributed by atoms with van der Waals surface area (Å²) >= 11 is 0. The van der Waals surface area contributed by atoms with Gasteiger partial charge in [-0.15, -0.1) is 0 Å². The molecule has 1 aliphatic rings. The number of benzene rings is 1. The molecule has 0 bridgehead atoms. The van der Waals surface area contributed by atoms with Gasteiger partial charge in [0.15, 0.2) is 0 Å². The van der Waals surface area contributed by atoms with E-state index in [0.717, 1.165) is 48.0 Å². The van der Waals surface area contributed by atoms with Crippen molar-refractivity contribution >= 4 is 5.91 Å². The van der Waals surface area contributed by atoms with Gasteiger partial charge in [-0.1, -0.05) is 30.3 Å². The third-order valence-corrected chi connectivity index (χ3v) is 5.47. The predicted octanol–water partition coefficient (Wildman–Crippen LogP) is 3.14. The highest BCUT2D eigenvalue weighted by atomic mass is 16.2. The number of likely N-dealkylation sites (N-methyl/N-ethyl adjacent to an activating group) is 1. The molecular formula is C22H27N6O. The molecule has 0 unspecified atom stereocenters. The van der Waals surface area contributed by atoms with Crippen molar-refractivity contribution in [1.29, 1.82) is 0 Å². The number of imidazole rings is 2. The van der Waals surface area contributed by atoms with Gasteiger partial charge in [0, 0.05) is 13.0 Å². The SMILES string of the molecule is [CH2]Cc1ncc(-c2cnc([C@@H]3CCCN3C(=O)[C@@H](c3ccccc3)N(C)C)[nH]2)[nH]1. The average molecular weight is 391 g/mol. The summed E-state index contributed by atoms with van der Waals surface area (Å²) < 4.78 is 0. The van der Waals surface area contributed by atoms with Crippen molar-refractivity contribution in [2.24, 2.45) is 0 Å². The lowest BCUT2D eigenvalue weighted by molar-refractivity contribution is -0.137. The normalized spacial score (nSPS) is 17.8. The van der Waals surface area contributed by atoms with E-state index < -0.39 is 0 Å². The molecule has 1 aromatic carbocycles. The lowest BCUT2D eigenvalue weighted by Gasteiger charge is -2.31. The Morgan fingerprint density at radius 1 is 1.21 bits per heavy atom. The van der Waals surface area contributed by atoms with Crippen LogP contribution in [0, 0.1) is 6.92 Å². The number of amides is 1. The number of rotatable bonds is 6. The third kappa shape index (κ3) is 3.82. The van der Waals surface area contributed by atoms with Gasteiger partial charge < -0.3 is 14.9 Å². The summed E-state index contributed by atoms with van der Waals surface area (Å²) in [7, 11) is 3.90. The molecule has 2 atom stereocenters. The van der Waals surface area contributed by atoms with Crippen LogP contribution in [0.2, 0.25) is 0 Å². The van der Waals surface area contributed by atoms with Crippen molar-refractivity contribution in [3.63, 3.8) is 0 Å². The van der Waals surface area contributed by atoms with Gasteiger partial charge in [0.05, 0.1) is 29.8 Å². The number of hydrogen-bond acceptors (Lipinski definition) is 4. The van der Waals surface area contributed by atoms with E-state index in [1.807, 2.05) is 54.2 Å². The highest BCUT2D eigenvalue weighted by Gasteiger charge is 2.37. The van der Waals surface area contributed by atoms with Crippen LogP contribution in [0.25, 0.3) is 11.4 Å². The number of nitrogens with one attached hydrogen (secondary N) is 2. The highest BCUT2D eigenvalue weighted by Crippen LogP contribution is 2.34. The fraction of sp³-hybridized carbons (Fsp3) is 0.364. The number of nitrogens with zero attached hydrogens (tertiary/aromatic N) is 4. The summed E-state index contributed by atoms with van der Waals surface area (Å²) in [5, 5.41) is 0. The Labute approximate surface area is 171 Å². The Kier molecular flexibility index (Phi) is 5.49. The molecule has 29 heavy (non-hydrogen) atoms. The summed E-state index contributed by atoms with van der Waals surface area (Å²) in [6.07, 6.45) is 6.07. The van der Waals surface area contributed by atoms with Crippen molar-refractivity contribution in [3.05, 3.63) is 66.9 Å². The first kappa shape index (κ1) is 19.4. The van der Waals surface area contributed by atoms with Gasteiger partial charge in [0.25, 0.3) is 0 Å². The minimum atomic E-state index is -0.307. The molecule has 1 aliphatic heterocycles. The van der Waals surface area contributed by atoms with E-state index in [-0.39, 0.29) is 18.0 Å². The number of carbonyl (C=O) groups is 1. The van der Waals surface area contributed by atoms with Crippen LogP contribution in [0.1, 0.15) is 42.1 Å². The van der Waals surface area contributed by atoms with Gasteiger partial charge in [-0.05, 0) is 39.4 Å². The summed E-state index contributed by atoms with van der Waals surface area (Å²) in [5.74, 6) is 1.77. The van der Waals surface area contributed by atoms with E-state index in [2.05, 4.69) is 26.9 Å². The number of hydrogen-bond donors (Lipinski definition) is 2. The quantitative estimate of drug-likeness (QED) is 0.676. The second-order valence-electron chi connectivity index (χ2n) is 7.64. The largest absolute Gasteiger partial charge is 0.341 e. The molecular weight excluding hydrogens is 364 g/mol. The van der Waals surface area contributed by atoms with E-state index in [1.54, 1.807) is 12.4 Å². The molecule has 3 heterocycles. The van der Waals surface area contributed by atoms with E-state index in [1.165, 1.54) is 0 Å². The molecule has 0 aliphatic carbocycles. The maximum absolute atomic E-state index is 13.5. The fourth-order valence-corrected chi connectivity index (χ4v) is 4.04. The van der Waals surface area contributed by atoms with Crippen LogP contribution in [0.4, 0.5) is 0 Å². The Balaban J connectivity index is 1.58. The van der Waals surface area contributed by atoms with E-state index in [9.17, 15) is 4.79 Å². The molecule has 7 nitrogen and oxygen atoms in total. The first-order valence-corrected chi connectivity index (χ1v) is 9.98. The molecule has 1 amide bonds. The van der Waals surface area contributed by atoms with E-state index >= 15 is 0 Å². The highest BCUT2D eigenvalue weighted by molar-refractivity contribution is 5.84. The van der Waals surface area contributed by atoms with E-state index in [0.29, 0.717) is 6.42 Å². The molecule has 0 spiro atoms. The van der Waals surface area contributed by atoms with E-state index in [4.69, 9.17) is 0 Å². The topological polar surface area (TPSA) is 80.9 Å². The fourth-order valence-electron chi connectivity index (χ4n) is 4.04. The van der Waals surface area contributed by atoms with Crippen molar-refractivity contribution in [2.75, 3.05) is 20.6 Å². The van der Waals surface area contributed by atoms with Crippen molar-refractivity contribution in [3.8, 4) is 11.4 Å². The number of carbonyl (C=O) groups excluding carboxylic acids is 1. The van der Waals surface area contributed by atoms with Crippen LogP contribution < -0.4 is 0 Å². The van der Waals surface area contributed by atoms with Crippen LogP contribution in [-0.2, 0) is 11.2 Å². The van der Waals surface area contributed by atoms with Crippen LogP contribution in [0.3, 0.4) is 0 Å². The molecule has 1 fully saturated rings. The van der Waals surface area contributed by atoms with Gasteiger partial charge in [0.1, 0.15) is 17.7 Å². The number of aromatic amines is 2. The van der Waals surface area contributed by atoms with Crippen molar-refractivity contribution < 1.29 is 4.79 Å². The standard InChI is InChI=1S/C22H27N6O/c1-4-19-23-13-16(25-19)17-14-24-21(26-17)18-11-8-12-28(18)22(29)20(27(2)3)15-9-6-5-7-10-15/h5-7,9-10,13-14,18,20H,1,4,8,11-12H2,2-3H3,(H,23,25)(H,24,26)/t18-,20+/m0/s1. The minimum absolute atomic E-state index is 0.0438. The zero-order valence-electron chi connectivity index (χ0n) is 16.9. The molecule has 0 saturated carbocycles. The molecule has 3 aromatic rings. The van der Waals surface area contributed by atoms with Crippen LogP contribution in [0.15, 0.2) is 42.7 Å². The summed E-state index contributed by atoms with van der Waals surface area (Å²) in [4.78, 5) is 33.0. The monoisotopic (exact) mass is 391 g/mol. The van der Waals surface area contributed by atoms with Crippen LogP contribution in [-0.4, -0.2) is 56.3 Å². The summed E-state index contributed by atoms with van der Waals surface area (Å²) in [5.41, 5.74) is 2.76. The lowest BCUT2D eigenvalue weighted by Crippen LogP contribution is -2.40. The zero-order valence-corrected chi connectivity index (χ0v) is 16.9. The zero-order chi connectivity index (χ0) is 20.4. The Bertz CT molecular complexity index is 961. The number of aromatic nitrogens is 4. The van der Waals surface area contributed by atoms with Crippen molar-refractivity contribution in [1.82, 2.24) is 29.7 Å². The first-order chi connectivity index (χ1) is 14.1. The molecule has 151 valence electrons. The maximum Gasteiger partial charge on any atom is 0.245 e.